The minimum Gasteiger partial charge on any atom is -0.493 e. The molecule has 0 heterocycles. The van der Waals surface area contributed by atoms with Crippen LogP contribution in [-0.4, -0.2) is 24.7 Å². The Balaban J connectivity index is 2.05. The van der Waals surface area contributed by atoms with Crippen LogP contribution in [0, 0.1) is 12.8 Å². The summed E-state index contributed by atoms with van der Waals surface area (Å²) in [5.41, 5.74) is 1.18. The van der Waals surface area contributed by atoms with Gasteiger partial charge in [0.05, 0.1) is 6.61 Å². The fraction of sp³-hybridized carbons (Fsp3) is 0.682. The highest BCUT2D eigenvalue weighted by atomic mass is 16.5. The standard InChI is InChI=1S/C22H35NO3/c1-5-7-15-25-20-9-8-19(16-18(20)4)23-21(24)22(26-14-6-2)12-10-17(3)11-13-22/h8-9,16-17H,5-7,10-15H2,1-4H3,(H,23,24). The second-order valence-corrected chi connectivity index (χ2v) is 7.66. The lowest BCUT2D eigenvalue weighted by Gasteiger charge is -2.38. The van der Waals surface area contributed by atoms with E-state index in [0.29, 0.717) is 12.5 Å². The Morgan fingerprint density at radius 3 is 2.54 bits per heavy atom. The number of aryl methyl sites for hydroxylation is 1. The number of benzene rings is 1. The molecule has 0 aromatic heterocycles. The number of amides is 1. The summed E-state index contributed by atoms with van der Waals surface area (Å²) in [7, 11) is 0. The monoisotopic (exact) mass is 361 g/mol. The van der Waals surface area contributed by atoms with E-state index in [0.717, 1.165) is 68.6 Å². The first kappa shape index (κ1) is 20.8. The van der Waals surface area contributed by atoms with Crippen LogP contribution >= 0.6 is 0 Å². The quantitative estimate of drug-likeness (QED) is 0.592. The van der Waals surface area contributed by atoms with Crippen LogP contribution < -0.4 is 10.1 Å². The van der Waals surface area contributed by atoms with Gasteiger partial charge in [0.15, 0.2) is 0 Å². The van der Waals surface area contributed by atoms with E-state index in [1.807, 2.05) is 25.1 Å². The molecule has 0 atom stereocenters. The summed E-state index contributed by atoms with van der Waals surface area (Å²) in [5, 5.41) is 3.09. The molecule has 0 radical (unpaired) electrons. The van der Waals surface area contributed by atoms with E-state index in [1.54, 1.807) is 0 Å². The average Bonchev–Trinajstić information content (AvgIpc) is 2.63. The molecule has 0 unspecified atom stereocenters. The van der Waals surface area contributed by atoms with Crippen LogP contribution in [0.1, 0.15) is 71.3 Å². The minimum atomic E-state index is -0.674. The number of rotatable bonds is 9. The lowest BCUT2D eigenvalue weighted by Crippen LogP contribution is -2.48. The summed E-state index contributed by atoms with van der Waals surface area (Å²) in [5.74, 6) is 1.56. The van der Waals surface area contributed by atoms with Crippen molar-refractivity contribution in [3.63, 3.8) is 0 Å². The lowest BCUT2D eigenvalue weighted by molar-refractivity contribution is -0.147. The fourth-order valence-corrected chi connectivity index (χ4v) is 3.42. The van der Waals surface area contributed by atoms with Gasteiger partial charge in [0.25, 0.3) is 5.91 Å². The van der Waals surface area contributed by atoms with Crippen molar-refractivity contribution in [1.29, 1.82) is 0 Å². The van der Waals surface area contributed by atoms with Gasteiger partial charge < -0.3 is 14.8 Å². The van der Waals surface area contributed by atoms with Gasteiger partial charge in [0.1, 0.15) is 11.4 Å². The lowest BCUT2D eigenvalue weighted by atomic mass is 9.78. The molecular weight excluding hydrogens is 326 g/mol. The van der Waals surface area contributed by atoms with Crippen LogP contribution in [0.3, 0.4) is 0 Å². The van der Waals surface area contributed by atoms with Crippen LogP contribution in [0.25, 0.3) is 0 Å². The molecule has 1 saturated carbocycles. The summed E-state index contributed by atoms with van der Waals surface area (Å²) in [4.78, 5) is 13.0. The van der Waals surface area contributed by atoms with Gasteiger partial charge in [-0.15, -0.1) is 0 Å². The predicted octanol–water partition coefficient (Wildman–Crippen LogP) is 5.49. The first-order valence-corrected chi connectivity index (χ1v) is 10.2. The average molecular weight is 362 g/mol. The van der Waals surface area contributed by atoms with Crippen LogP contribution in [0.15, 0.2) is 18.2 Å². The van der Waals surface area contributed by atoms with Gasteiger partial charge in [-0.2, -0.15) is 0 Å². The maximum atomic E-state index is 13.0. The van der Waals surface area contributed by atoms with Crippen molar-refractivity contribution < 1.29 is 14.3 Å². The molecule has 0 spiro atoms. The second-order valence-electron chi connectivity index (χ2n) is 7.66. The highest BCUT2D eigenvalue weighted by Gasteiger charge is 2.42. The van der Waals surface area contributed by atoms with Gasteiger partial charge in [-0.3, -0.25) is 4.79 Å². The zero-order valence-corrected chi connectivity index (χ0v) is 16.9. The third-order valence-corrected chi connectivity index (χ3v) is 5.27. The van der Waals surface area contributed by atoms with Gasteiger partial charge in [-0.05, 0) is 75.1 Å². The summed E-state index contributed by atoms with van der Waals surface area (Å²) < 4.78 is 11.9. The van der Waals surface area contributed by atoms with Crippen molar-refractivity contribution in [2.24, 2.45) is 5.92 Å². The zero-order valence-electron chi connectivity index (χ0n) is 16.9. The Morgan fingerprint density at radius 1 is 1.19 bits per heavy atom. The highest BCUT2D eigenvalue weighted by Crippen LogP contribution is 2.36. The van der Waals surface area contributed by atoms with Gasteiger partial charge in [-0.25, -0.2) is 0 Å². The minimum absolute atomic E-state index is 0.00287. The third-order valence-electron chi connectivity index (χ3n) is 5.27. The normalized spacial score (nSPS) is 22.8. The molecule has 1 N–H and O–H groups in total. The number of carbonyl (C=O) groups is 1. The van der Waals surface area contributed by atoms with Crippen molar-refractivity contribution in [1.82, 2.24) is 0 Å². The molecular formula is C22H35NO3. The molecule has 26 heavy (non-hydrogen) atoms. The maximum absolute atomic E-state index is 13.0. The SMILES string of the molecule is CCCCOc1ccc(NC(=O)C2(OCCC)CCC(C)CC2)cc1C. The molecule has 1 amide bonds. The molecule has 1 aliphatic rings. The molecule has 1 aliphatic carbocycles. The molecule has 0 bridgehead atoms. The molecule has 1 fully saturated rings. The van der Waals surface area contributed by atoms with E-state index < -0.39 is 5.60 Å². The van der Waals surface area contributed by atoms with Crippen LogP contribution in [0.5, 0.6) is 5.75 Å². The van der Waals surface area contributed by atoms with Gasteiger partial charge in [0, 0.05) is 12.3 Å². The van der Waals surface area contributed by atoms with Crippen molar-refractivity contribution in [3.05, 3.63) is 23.8 Å². The van der Waals surface area contributed by atoms with E-state index in [4.69, 9.17) is 9.47 Å². The Labute approximate surface area is 158 Å². The van der Waals surface area contributed by atoms with Crippen molar-refractivity contribution in [2.75, 3.05) is 18.5 Å². The number of hydrogen-bond donors (Lipinski definition) is 1. The summed E-state index contributed by atoms with van der Waals surface area (Å²) in [6.45, 7) is 9.86. The zero-order chi connectivity index (χ0) is 19.0. The highest BCUT2D eigenvalue weighted by molar-refractivity contribution is 5.97. The summed E-state index contributed by atoms with van der Waals surface area (Å²) in [6.07, 6.45) is 6.78. The van der Waals surface area contributed by atoms with Crippen LogP contribution in [-0.2, 0) is 9.53 Å². The van der Waals surface area contributed by atoms with E-state index >= 15 is 0 Å². The molecule has 0 saturated heterocycles. The summed E-state index contributed by atoms with van der Waals surface area (Å²) in [6, 6.07) is 5.85. The first-order valence-electron chi connectivity index (χ1n) is 10.2. The number of carbonyl (C=O) groups excluding carboxylic acids is 1. The Hall–Kier alpha value is -1.55. The van der Waals surface area contributed by atoms with Gasteiger partial charge in [-0.1, -0.05) is 27.2 Å². The topological polar surface area (TPSA) is 47.6 Å². The van der Waals surface area contributed by atoms with Crippen molar-refractivity contribution >= 4 is 11.6 Å². The number of anilines is 1. The second kappa shape index (κ2) is 9.96. The van der Waals surface area contributed by atoms with Crippen molar-refractivity contribution in [3.8, 4) is 5.75 Å². The number of ether oxygens (including phenoxy) is 2. The molecule has 0 aliphatic heterocycles. The smallest absolute Gasteiger partial charge is 0.256 e. The summed E-state index contributed by atoms with van der Waals surface area (Å²) >= 11 is 0. The number of unbranched alkanes of at least 4 members (excludes halogenated alkanes) is 1. The predicted molar refractivity (Wildman–Crippen MR) is 107 cm³/mol. The van der Waals surface area contributed by atoms with Crippen LogP contribution in [0.2, 0.25) is 0 Å². The molecule has 4 nitrogen and oxygen atoms in total. The Bertz CT molecular complexity index is 571. The molecule has 2 rings (SSSR count). The van der Waals surface area contributed by atoms with Gasteiger partial charge >= 0.3 is 0 Å². The van der Waals surface area contributed by atoms with E-state index in [1.165, 1.54) is 0 Å². The number of nitrogens with one attached hydrogen (secondary N) is 1. The van der Waals surface area contributed by atoms with Gasteiger partial charge in [0.2, 0.25) is 0 Å². The number of hydrogen-bond acceptors (Lipinski definition) is 3. The third kappa shape index (κ3) is 5.47. The van der Waals surface area contributed by atoms with E-state index in [-0.39, 0.29) is 5.91 Å². The van der Waals surface area contributed by atoms with Crippen LogP contribution in [0.4, 0.5) is 5.69 Å². The van der Waals surface area contributed by atoms with E-state index in [2.05, 4.69) is 26.1 Å². The van der Waals surface area contributed by atoms with Crippen molar-refractivity contribution in [2.45, 2.75) is 78.2 Å². The first-order chi connectivity index (χ1) is 12.5. The fourth-order valence-electron chi connectivity index (χ4n) is 3.42. The Kier molecular flexibility index (Phi) is 7.95. The maximum Gasteiger partial charge on any atom is 0.256 e. The molecule has 4 heteroatoms. The molecule has 1 aromatic rings. The largest absolute Gasteiger partial charge is 0.493 e. The van der Waals surface area contributed by atoms with E-state index in [9.17, 15) is 4.79 Å². The molecule has 146 valence electrons. The molecule has 1 aromatic carbocycles. The Morgan fingerprint density at radius 2 is 1.92 bits per heavy atom.